The molecule has 0 amide bonds. The topological polar surface area (TPSA) is 50.5 Å². The summed E-state index contributed by atoms with van der Waals surface area (Å²) in [4.78, 5) is 2.40. The molecule has 2 heterocycles. The third kappa shape index (κ3) is 4.22. The maximum Gasteiger partial charge on any atom is 0.119 e. The van der Waals surface area contributed by atoms with E-state index in [1.165, 1.54) is 5.56 Å². The van der Waals surface area contributed by atoms with Crippen molar-refractivity contribution < 1.29 is 9.84 Å². The minimum absolute atomic E-state index is 0.0655. The standard InChI is InChI=1S/C20H29N3O2/c1-20(2,3)23-14-16(13-22-10-8-17(24)9-11-22)19(21-23)15-6-5-7-18(12-15)25-4/h5-7,12,14,17,24H,8-11,13H2,1-4H3. The van der Waals surface area contributed by atoms with Crippen LogP contribution in [-0.2, 0) is 12.1 Å². The van der Waals surface area contributed by atoms with Gasteiger partial charge in [-0.05, 0) is 45.7 Å². The molecule has 1 aromatic carbocycles. The number of hydrogen-bond acceptors (Lipinski definition) is 4. The van der Waals surface area contributed by atoms with E-state index in [1.54, 1.807) is 7.11 Å². The summed E-state index contributed by atoms with van der Waals surface area (Å²) in [5.41, 5.74) is 3.25. The van der Waals surface area contributed by atoms with E-state index in [-0.39, 0.29) is 11.6 Å². The van der Waals surface area contributed by atoms with Gasteiger partial charge >= 0.3 is 0 Å². The lowest BCUT2D eigenvalue weighted by Crippen LogP contribution is -2.35. The smallest absolute Gasteiger partial charge is 0.119 e. The molecular formula is C20H29N3O2. The molecule has 0 radical (unpaired) electrons. The number of likely N-dealkylation sites (tertiary alicyclic amines) is 1. The second-order valence-corrected chi connectivity index (χ2v) is 7.86. The van der Waals surface area contributed by atoms with Crippen molar-refractivity contribution in [3.8, 4) is 17.0 Å². The predicted octanol–water partition coefficient (Wildman–Crippen LogP) is 3.27. The van der Waals surface area contributed by atoms with Crippen LogP contribution in [0.5, 0.6) is 5.75 Å². The maximum absolute atomic E-state index is 9.74. The Balaban J connectivity index is 1.93. The van der Waals surface area contributed by atoms with Gasteiger partial charge in [0.2, 0.25) is 0 Å². The molecule has 5 heteroatoms. The first-order chi connectivity index (χ1) is 11.9. The molecule has 1 aliphatic rings. The SMILES string of the molecule is COc1cccc(-c2nn(C(C)(C)C)cc2CN2CCC(O)CC2)c1. The summed E-state index contributed by atoms with van der Waals surface area (Å²) in [6.07, 6.45) is 3.72. The van der Waals surface area contributed by atoms with E-state index in [4.69, 9.17) is 9.84 Å². The van der Waals surface area contributed by atoms with Crippen LogP contribution < -0.4 is 4.74 Å². The summed E-state index contributed by atoms with van der Waals surface area (Å²) < 4.78 is 7.43. The summed E-state index contributed by atoms with van der Waals surface area (Å²) in [7, 11) is 1.69. The minimum Gasteiger partial charge on any atom is -0.497 e. The van der Waals surface area contributed by atoms with E-state index < -0.39 is 0 Å². The van der Waals surface area contributed by atoms with E-state index in [1.807, 2.05) is 18.2 Å². The van der Waals surface area contributed by atoms with Gasteiger partial charge in [0.15, 0.2) is 0 Å². The fourth-order valence-corrected chi connectivity index (χ4v) is 3.20. The van der Waals surface area contributed by atoms with Crippen LogP contribution in [0.3, 0.4) is 0 Å². The number of aliphatic hydroxyl groups excluding tert-OH is 1. The Labute approximate surface area is 150 Å². The zero-order chi connectivity index (χ0) is 18.0. The Bertz CT molecular complexity index is 710. The van der Waals surface area contributed by atoms with Crippen LogP contribution in [-0.4, -0.2) is 46.1 Å². The minimum atomic E-state index is -0.147. The molecule has 1 aliphatic heterocycles. The third-order valence-corrected chi connectivity index (χ3v) is 4.77. The number of aromatic nitrogens is 2. The van der Waals surface area contributed by atoms with Crippen molar-refractivity contribution >= 4 is 0 Å². The molecule has 0 spiro atoms. The first kappa shape index (κ1) is 18.0. The molecule has 0 saturated carbocycles. The number of methoxy groups -OCH3 is 1. The Kier molecular flexibility index (Phi) is 5.16. The molecule has 0 aliphatic carbocycles. The van der Waals surface area contributed by atoms with Crippen molar-refractivity contribution in [2.45, 2.75) is 51.8 Å². The number of benzene rings is 1. The molecule has 1 N–H and O–H groups in total. The van der Waals surface area contributed by atoms with Gasteiger partial charge < -0.3 is 9.84 Å². The van der Waals surface area contributed by atoms with Gasteiger partial charge in [0, 0.05) is 37.0 Å². The number of nitrogens with zero attached hydrogens (tertiary/aromatic N) is 3. The van der Waals surface area contributed by atoms with Crippen molar-refractivity contribution in [2.24, 2.45) is 0 Å². The molecular weight excluding hydrogens is 314 g/mol. The first-order valence-corrected chi connectivity index (χ1v) is 9.00. The quantitative estimate of drug-likeness (QED) is 0.926. The van der Waals surface area contributed by atoms with Crippen LogP contribution in [0.25, 0.3) is 11.3 Å². The highest BCUT2D eigenvalue weighted by atomic mass is 16.5. The second-order valence-electron chi connectivity index (χ2n) is 7.86. The number of piperidine rings is 1. The average Bonchev–Trinajstić information content (AvgIpc) is 3.01. The lowest BCUT2D eigenvalue weighted by Gasteiger charge is -2.29. The van der Waals surface area contributed by atoms with Crippen molar-refractivity contribution in [3.63, 3.8) is 0 Å². The second kappa shape index (κ2) is 7.18. The monoisotopic (exact) mass is 343 g/mol. The van der Waals surface area contributed by atoms with E-state index in [0.717, 1.165) is 49.5 Å². The molecule has 3 rings (SSSR count). The first-order valence-electron chi connectivity index (χ1n) is 9.00. The van der Waals surface area contributed by atoms with Gasteiger partial charge in [-0.2, -0.15) is 5.10 Å². The molecule has 2 aromatic rings. The van der Waals surface area contributed by atoms with Gasteiger partial charge in [-0.3, -0.25) is 9.58 Å². The van der Waals surface area contributed by atoms with Crippen molar-refractivity contribution in [1.29, 1.82) is 0 Å². The normalized spacial score (nSPS) is 17.0. The van der Waals surface area contributed by atoms with E-state index >= 15 is 0 Å². The Morgan fingerprint density at radius 2 is 1.96 bits per heavy atom. The molecule has 1 saturated heterocycles. The number of rotatable bonds is 4. The highest BCUT2D eigenvalue weighted by molar-refractivity contribution is 5.64. The molecule has 0 atom stereocenters. The van der Waals surface area contributed by atoms with Gasteiger partial charge in [0.25, 0.3) is 0 Å². The zero-order valence-corrected chi connectivity index (χ0v) is 15.7. The molecule has 0 bridgehead atoms. The van der Waals surface area contributed by atoms with Crippen LogP contribution in [0.1, 0.15) is 39.2 Å². The fraction of sp³-hybridized carbons (Fsp3) is 0.550. The largest absolute Gasteiger partial charge is 0.497 e. The molecule has 1 fully saturated rings. The van der Waals surface area contributed by atoms with Gasteiger partial charge in [0.05, 0.1) is 24.4 Å². The molecule has 1 aromatic heterocycles. The van der Waals surface area contributed by atoms with Crippen molar-refractivity contribution in [1.82, 2.24) is 14.7 Å². The van der Waals surface area contributed by atoms with Crippen LogP contribution in [0.15, 0.2) is 30.5 Å². The number of aliphatic hydroxyl groups is 1. The third-order valence-electron chi connectivity index (χ3n) is 4.77. The molecule has 5 nitrogen and oxygen atoms in total. The van der Waals surface area contributed by atoms with Crippen LogP contribution >= 0.6 is 0 Å². The summed E-state index contributed by atoms with van der Waals surface area (Å²) >= 11 is 0. The zero-order valence-electron chi connectivity index (χ0n) is 15.7. The summed E-state index contributed by atoms with van der Waals surface area (Å²) in [6, 6.07) is 8.08. The number of hydrogen-bond donors (Lipinski definition) is 1. The highest BCUT2D eigenvalue weighted by Gasteiger charge is 2.23. The average molecular weight is 343 g/mol. The molecule has 136 valence electrons. The molecule has 25 heavy (non-hydrogen) atoms. The van der Waals surface area contributed by atoms with E-state index in [0.29, 0.717) is 0 Å². The van der Waals surface area contributed by atoms with Gasteiger partial charge in [-0.25, -0.2) is 0 Å². The van der Waals surface area contributed by atoms with E-state index in [2.05, 4.69) is 42.6 Å². The summed E-state index contributed by atoms with van der Waals surface area (Å²) in [5.74, 6) is 0.842. The molecule has 0 unspecified atom stereocenters. The number of ether oxygens (including phenoxy) is 1. The van der Waals surface area contributed by atoms with Gasteiger partial charge in [-0.15, -0.1) is 0 Å². The summed E-state index contributed by atoms with van der Waals surface area (Å²) in [6.45, 7) is 9.21. The Hall–Kier alpha value is -1.85. The maximum atomic E-state index is 9.74. The Morgan fingerprint density at radius 3 is 2.60 bits per heavy atom. The van der Waals surface area contributed by atoms with Gasteiger partial charge in [-0.1, -0.05) is 12.1 Å². The van der Waals surface area contributed by atoms with Crippen LogP contribution in [0.4, 0.5) is 0 Å². The van der Waals surface area contributed by atoms with Crippen LogP contribution in [0.2, 0.25) is 0 Å². The van der Waals surface area contributed by atoms with Crippen LogP contribution in [0, 0.1) is 0 Å². The van der Waals surface area contributed by atoms with Crippen molar-refractivity contribution in [3.05, 3.63) is 36.0 Å². The lowest BCUT2D eigenvalue weighted by molar-refractivity contribution is 0.0793. The van der Waals surface area contributed by atoms with Gasteiger partial charge in [0.1, 0.15) is 5.75 Å². The lowest BCUT2D eigenvalue weighted by atomic mass is 10.0. The highest BCUT2D eigenvalue weighted by Crippen LogP contribution is 2.29. The van der Waals surface area contributed by atoms with Crippen molar-refractivity contribution in [2.75, 3.05) is 20.2 Å². The predicted molar refractivity (Wildman–Crippen MR) is 99.7 cm³/mol. The summed E-state index contributed by atoms with van der Waals surface area (Å²) in [5, 5.41) is 14.6. The fourth-order valence-electron chi connectivity index (χ4n) is 3.20. The Morgan fingerprint density at radius 1 is 1.24 bits per heavy atom. The van der Waals surface area contributed by atoms with E-state index in [9.17, 15) is 5.11 Å².